The van der Waals surface area contributed by atoms with Gasteiger partial charge in [-0.1, -0.05) is 29.8 Å². The molecule has 0 unspecified atom stereocenters. The molecule has 2 amide bonds. The lowest BCUT2D eigenvalue weighted by molar-refractivity contribution is 0.0584. The van der Waals surface area contributed by atoms with Gasteiger partial charge in [0, 0.05) is 22.1 Å². The van der Waals surface area contributed by atoms with E-state index in [4.69, 9.17) is 22.1 Å². The summed E-state index contributed by atoms with van der Waals surface area (Å²) in [5, 5.41) is 1.67. The molecule has 2 N–H and O–H groups in total. The molecule has 138 valence electrons. The van der Waals surface area contributed by atoms with Crippen LogP contribution < -0.4 is 10.6 Å². The Morgan fingerprint density at radius 3 is 2.50 bits per heavy atom. The molecule has 2 aromatic rings. The van der Waals surface area contributed by atoms with Crippen molar-refractivity contribution in [1.29, 1.82) is 0 Å². The number of ether oxygens (including phenoxy) is 1. The number of nitrogens with two attached hydrogens (primary N) is 1. The second-order valence-electron chi connectivity index (χ2n) is 6.65. The first-order chi connectivity index (χ1) is 12.1. The Hall–Kier alpha value is -2.05. The number of nitrogens with zero attached hydrogens (tertiary/aromatic N) is 1. The number of rotatable bonds is 4. The molecule has 2 aromatic carbocycles. The number of benzene rings is 2. The predicted molar refractivity (Wildman–Crippen MR) is 109 cm³/mol. The number of hydrogen-bond acceptors (Lipinski definition) is 3. The third-order valence-corrected chi connectivity index (χ3v) is 4.51. The van der Waals surface area contributed by atoms with E-state index in [9.17, 15) is 9.59 Å². The van der Waals surface area contributed by atoms with Crippen LogP contribution in [0.1, 0.15) is 31.1 Å². The lowest BCUT2D eigenvalue weighted by Crippen LogP contribution is -2.37. The minimum absolute atomic E-state index is 0.234. The summed E-state index contributed by atoms with van der Waals surface area (Å²) >= 11 is 9.19. The van der Waals surface area contributed by atoms with Gasteiger partial charge in [-0.25, -0.2) is 4.79 Å². The number of fused-ring (bicyclic) bond motifs is 1. The maximum absolute atomic E-state index is 12.7. The Morgan fingerprint density at radius 2 is 1.92 bits per heavy atom. The maximum atomic E-state index is 12.7. The van der Waals surface area contributed by atoms with Gasteiger partial charge in [0.05, 0.1) is 5.69 Å². The van der Waals surface area contributed by atoms with Crippen molar-refractivity contribution in [2.45, 2.75) is 26.4 Å². The summed E-state index contributed by atoms with van der Waals surface area (Å²) in [7, 11) is 0. The summed E-state index contributed by atoms with van der Waals surface area (Å²) in [6, 6.07) is 8.83. The van der Waals surface area contributed by atoms with E-state index < -0.39 is 17.6 Å². The van der Waals surface area contributed by atoms with Gasteiger partial charge in [-0.3, -0.25) is 9.69 Å². The monoisotopic (exact) mass is 438 g/mol. The van der Waals surface area contributed by atoms with Crippen molar-refractivity contribution in [3.63, 3.8) is 0 Å². The molecule has 0 atom stereocenters. The lowest BCUT2D eigenvalue weighted by atomic mass is 10.1. The lowest BCUT2D eigenvalue weighted by Gasteiger charge is -2.27. The van der Waals surface area contributed by atoms with Gasteiger partial charge in [-0.15, -0.1) is 0 Å². The SMILES string of the molecule is CC(C)(C)OC(=O)N(C/C=C/Cl)c1ccc2ccc(C(N)=O)cc2c1Br. The summed E-state index contributed by atoms with van der Waals surface area (Å²) in [6.45, 7) is 5.64. The van der Waals surface area contributed by atoms with Crippen molar-refractivity contribution in [2.75, 3.05) is 11.4 Å². The molecule has 26 heavy (non-hydrogen) atoms. The van der Waals surface area contributed by atoms with Gasteiger partial charge >= 0.3 is 6.09 Å². The molecular formula is C19H20BrClN2O3. The quantitative estimate of drug-likeness (QED) is 0.712. The Balaban J connectivity index is 2.56. The van der Waals surface area contributed by atoms with Crippen molar-refractivity contribution in [2.24, 2.45) is 5.73 Å². The van der Waals surface area contributed by atoms with E-state index in [1.54, 1.807) is 45.0 Å². The Morgan fingerprint density at radius 1 is 1.27 bits per heavy atom. The highest BCUT2D eigenvalue weighted by Crippen LogP contribution is 2.35. The van der Waals surface area contributed by atoms with Crippen molar-refractivity contribution >= 4 is 56.0 Å². The molecule has 0 heterocycles. The van der Waals surface area contributed by atoms with E-state index >= 15 is 0 Å². The van der Waals surface area contributed by atoms with Crippen LogP contribution in [-0.4, -0.2) is 24.1 Å². The molecule has 2 rings (SSSR count). The zero-order valence-electron chi connectivity index (χ0n) is 14.8. The second kappa shape index (κ2) is 8.10. The van der Waals surface area contributed by atoms with Crippen LogP contribution >= 0.6 is 27.5 Å². The van der Waals surface area contributed by atoms with Crippen LogP contribution in [0.25, 0.3) is 10.8 Å². The van der Waals surface area contributed by atoms with E-state index in [0.717, 1.165) is 10.8 Å². The largest absolute Gasteiger partial charge is 0.443 e. The summed E-state index contributed by atoms with van der Waals surface area (Å²) in [6.07, 6.45) is 1.14. The third-order valence-electron chi connectivity index (χ3n) is 3.50. The summed E-state index contributed by atoms with van der Waals surface area (Å²) in [5.41, 5.74) is 7.07. The minimum atomic E-state index is -0.636. The van der Waals surface area contributed by atoms with Crippen LogP contribution in [0.3, 0.4) is 0 Å². The van der Waals surface area contributed by atoms with Gasteiger partial charge in [0.1, 0.15) is 5.60 Å². The van der Waals surface area contributed by atoms with Crippen LogP contribution in [-0.2, 0) is 4.74 Å². The summed E-state index contributed by atoms with van der Waals surface area (Å²) in [4.78, 5) is 25.6. The molecule has 7 heteroatoms. The fourth-order valence-corrected chi connectivity index (χ4v) is 3.14. The minimum Gasteiger partial charge on any atom is -0.443 e. The topological polar surface area (TPSA) is 72.6 Å². The highest BCUT2D eigenvalue weighted by molar-refractivity contribution is 9.10. The zero-order chi connectivity index (χ0) is 19.5. The van der Waals surface area contributed by atoms with E-state index in [1.165, 1.54) is 10.4 Å². The number of amides is 2. The smallest absolute Gasteiger partial charge is 0.415 e. The van der Waals surface area contributed by atoms with E-state index in [2.05, 4.69) is 15.9 Å². The Bertz CT molecular complexity index is 875. The molecule has 0 aromatic heterocycles. The molecule has 0 aliphatic carbocycles. The first-order valence-corrected chi connectivity index (χ1v) is 9.15. The van der Waals surface area contributed by atoms with Crippen LogP contribution in [0.5, 0.6) is 0 Å². The molecule has 5 nitrogen and oxygen atoms in total. The van der Waals surface area contributed by atoms with Crippen LogP contribution in [0.2, 0.25) is 0 Å². The van der Waals surface area contributed by atoms with Crippen LogP contribution in [0.4, 0.5) is 10.5 Å². The highest BCUT2D eigenvalue weighted by atomic mass is 79.9. The predicted octanol–water partition coefficient (Wildman–Crippen LogP) is 5.20. The Labute approximate surface area is 165 Å². The molecule has 0 saturated heterocycles. The van der Waals surface area contributed by atoms with Crippen LogP contribution in [0, 0.1) is 0 Å². The molecule has 0 bridgehead atoms. The van der Waals surface area contributed by atoms with Crippen molar-refractivity contribution in [3.8, 4) is 0 Å². The number of primary amides is 1. The Kier molecular flexibility index (Phi) is 6.31. The van der Waals surface area contributed by atoms with Gasteiger partial charge in [0.2, 0.25) is 5.91 Å². The molecule has 0 radical (unpaired) electrons. The van der Waals surface area contributed by atoms with Gasteiger partial charge in [-0.05, 0) is 65.7 Å². The first-order valence-electron chi connectivity index (χ1n) is 7.92. The molecule has 0 fully saturated rings. The standard InChI is InChI=1S/C19H20BrClN2O3/c1-19(2,3)26-18(25)23(10-4-9-21)15-8-7-12-5-6-13(17(22)24)11-14(12)16(15)20/h4-9,11H,10H2,1-3H3,(H2,22,24)/b9-4+. The maximum Gasteiger partial charge on any atom is 0.415 e. The summed E-state index contributed by atoms with van der Waals surface area (Å²) in [5.74, 6) is -0.515. The fraction of sp³-hybridized carbons (Fsp3) is 0.263. The van der Waals surface area contributed by atoms with Gasteiger partial charge in [0.15, 0.2) is 0 Å². The normalized spacial score (nSPS) is 11.7. The fourth-order valence-electron chi connectivity index (χ4n) is 2.37. The number of halogens is 2. The van der Waals surface area contributed by atoms with Crippen molar-refractivity contribution in [3.05, 3.63) is 52.0 Å². The van der Waals surface area contributed by atoms with Crippen LogP contribution in [0.15, 0.2) is 46.4 Å². The van der Waals surface area contributed by atoms with Crippen molar-refractivity contribution in [1.82, 2.24) is 0 Å². The molecular weight excluding hydrogens is 420 g/mol. The zero-order valence-corrected chi connectivity index (χ0v) is 17.1. The number of carbonyl (C=O) groups is 2. The molecule has 0 aliphatic rings. The highest BCUT2D eigenvalue weighted by Gasteiger charge is 2.24. The first kappa shape index (κ1) is 20.3. The van der Waals surface area contributed by atoms with Crippen molar-refractivity contribution < 1.29 is 14.3 Å². The number of carbonyl (C=O) groups excluding carboxylic acids is 2. The summed E-state index contributed by atoms with van der Waals surface area (Å²) < 4.78 is 6.15. The average molecular weight is 440 g/mol. The van der Waals surface area contributed by atoms with Gasteiger partial charge < -0.3 is 10.5 Å². The molecule has 0 saturated carbocycles. The van der Waals surface area contributed by atoms with E-state index in [-0.39, 0.29) is 6.54 Å². The number of anilines is 1. The van der Waals surface area contributed by atoms with E-state index in [1.807, 2.05) is 12.1 Å². The molecule has 0 aliphatic heterocycles. The number of hydrogen-bond donors (Lipinski definition) is 1. The van der Waals surface area contributed by atoms with Gasteiger partial charge in [0.25, 0.3) is 0 Å². The second-order valence-corrected chi connectivity index (χ2v) is 7.70. The van der Waals surface area contributed by atoms with E-state index in [0.29, 0.717) is 15.7 Å². The van der Waals surface area contributed by atoms with Gasteiger partial charge in [-0.2, -0.15) is 0 Å². The third kappa shape index (κ3) is 4.77. The molecule has 0 spiro atoms. The average Bonchev–Trinajstić information content (AvgIpc) is 2.55.